The van der Waals surface area contributed by atoms with E-state index in [0.717, 1.165) is 12.8 Å². The highest BCUT2D eigenvalue weighted by atomic mass is 16.4. The lowest BCUT2D eigenvalue weighted by atomic mass is 9.98. The summed E-state index contributed by atoms with van der Waals surface area (Å²) in [7, 11) is 0. The number of carbonyl (C=O) groups excluding carboxylic acids is 1. The van der Waals surface area contributed by atoms with Crippen molar-refractivity contribution in [2.75, 3.05) is 18.4 Å². The predicted octanol–water partition coefficient (Wildman–Crippen LogP) is 1.94. The minimum absolute atomic E-state index is 0.0592. The van der Waals surface area contributed by atoms with Crippen molar-refractivity contribution >= 4 is 11.7 Å². The van der Waals surface area contributed by atoms with Crippen LogP contribution >= 0.6 is 0 Å². The lowest BCUT2D eigenvalue weighted by Crippen LogP contribution is -2.41. The minimum Gasteiger partial charge on any atom is -0.392 e. The number of aromatic nitrogens is 4. The molecule has 1 aliphatic heterocycles. The number of rotatable bonds is 4. The molecule has 3 heterocycles. The molecule has 4 rings (SSSR count). The number of amides is 2. The highest BCUT2D eigenvalue weighted by Gasteiger charge is 2.30. The average Bonchev–Trinajstić information content (AvgIpc) is 3.22. The molecule has 2 amide bonds. The molecule has 2 fully saturated rings. The van der Waals surface area contributed by atoms with Gasteiger partial charge in [0.05, 0.1) is 23.8 Å². The second-order valence-corrected chi connectivity index (χ2v) is 6.95. The monoisotopic (exact) mass is 346 g/mol. The second kappa shape index (κ2) is 6.38. The zero-order chi connectivity index (χ0) is 17.4. The first-order valence-electron chi connectivity index (χ1n) is 8.75. The van der Waals surface area contributed by atoms with Crippen LogP contribution in [0.2, 0.25) is 0 Å². The van der Waals surface area contributed by atoms with Gasteiger partial charge in [-0.25, -0.2) is 14.7 Å². The van der Waals surface area contributed by atoms with Gasteiger partial charge in [-0.05, 0) is 38.5 Å². The summed E-state index contributed by atoms with van der Waals surface area (Å²) >= 11 is 0. The van der Waals surface area contributed by atoms with Gasteiger partial charge in [-0.1, -0.05) is 0 Å². The van der Waals surface area contributed by atoms with E-state index in [1.54, 1.807) is 11.1 Å². The fourth-order valence-corrected chi connectivity index (χ4v) is 3.40. The zero-order valence-corrected chi connectivity index (χ0v) is 14.1. The van der Waals surface area contributed by atoms with Crippen molar-refractivity contribution in [1.29, 1.82) is 0 Å². The molecule has 2 aromatic heterocycles. The van der Waals surface area contributed by atoms with Crippen LogP contribution < -0.4 is 11.1 Å². The normalized spacial score (nSPS) is 22.0. The molecule has 1 aliphatic carbocycles. The van der Waals surface area contributed by atoms with Gasteiger partial charge in [0.15, 0.2) is 0 Å². The van der Waals surface area contributed by atoms with Crippen molar-refractivity contribution in [3.8, 4) is 0 Å². The van der Waals surface area contributed by atoms with E-state index in [2.05, 4.69) is 27.5 Å². The maximum Gasteiger partial charge on any atom is 0.434 e. The number of piperidine rings is 1. The average molecular weight is 346 g/mol. The number of H-pyrrole nitrogens is 1. The van der Waals surface area contributed by atoms with Gasteiger partial charge in [0.25, 0.3) is 0 Å². The van der Waals surface area contributed by atoms with Crippen molar-refractivity contribution in [2.24, 2.45) is 5.92 Å². The Balaban J connectivity index is 1.38. The summed E-state index contributed by atoms with van der Waals surface area (Å²) < 4.78 is 6.95. The van der Waals surface area contributed by atoms with Crippen molar-refractivity contribution in [3.05, 3.63) is 28.8 Å². The summed E-state index contributed by atoms with van der Waals surface area (Å²) in [4.78, 5) is 25.4. The third-order valence-electron chi connectivity index (χ3n) is 5.09. The number of likely N-dealkylation sites (tertiary alicyclic amines) is 1. The van der Waals surface area contributed by atoms with Crippen LogP contribution in [0.4, 0.5) is 10.5 Å². The van der Waals surface area contributed by atoms with Gasteiger partial charge in [0, 0.05) is 19.3 Å². The minimum atomic E-state index is -0.561. The van der Waals surface area contributed by atoms with Crippen LogP contribution in [0.15, 0.2) is 21.6 Å². The van der Waals surface area contributed by atoms with Crippen molar-refractivity contribution in [3.63, 3.8) is 0 Å². The van der Waals surface area contributed by atoms with Gasteiger partial charge in [-0.15, -0.1) is 5.10 Å². The molecular formula is C16H22N6O3. The van der Waals surface area contributed by atoms with E-state index >= 15 is 0 Å². The molecule has 25 heavy (non-hydrogen) atoms. The number of urea groups is 1. The first kappa shape index (κ1) is 15.9. The summed E-state index contributed by atoms with van der Waals surface area (Å²) in [5.74, 6) is 0.452. The molecule has 0 unspecified atom stereocenters. The van der Waals surface area contributed by atoms with Gasteiger partial charge < -0.3 is 14.6 Å². The maximum absolute atomic E-state index is 12.5. The fourth-order valence-electron chi connectivity index (χ4n) is 3.40. The number of nitrogens with zero attached hydrogens (tertiary/aromatic N) is 4. The topological polar surface area (TPSA) is 109 Å². The summed E-state index contributed by atoms with van der Waals surface area (Å²) in [6, 6.07) is 0.203. The SMILES string of the molecule is C[C@H](C1CC1)n1cc(NC(=O)N2CCC[C@@H](c3n[nH]c(=O)o3)C2)cn1. The molecule has 2 atom stereocenters. The van der Waals surface area contributed by atoms with Crippen LogP contribution in [0.3, 0.4) is 0 Å². The predicted molar refractivity (Wildman–Crippen MR) is 89.4 cm³/mol. The quantitative estimate of drug-likeness (QED) is 0.879. The van der Waals surface area contributed by atoms with E-state index in [0.29, 0.717) is 36.6 Å². The fraction of sp³-hybridized carbons (Fsp3) is 0.625. The summed E-state index contributed by atoms with van der Waals surface area (Å²) in [5.41, 5.74) is 0.700. The van der Waals surface area contributed by atoms with E-state index in [1.807, 2.05) is 10.9 Å². The molecule has 9 heteroatoms. The molecule has 0 radical (unpaired) electrons. The second-order valence-electron chi connectivity index (χ2n) is 6.95. The Morgan fingerprint density at radius 2 is 2.28 bits per heavy atom. The Morgan fingerprint density at radius 1 is 1.44 bits per heavy atom. The number of aromatic amines is 1. The standard InChI is InChI=1S/C16H22N6O3/c1-10(11-4-5-11)22-9-13(7-17-22)18-15(23)21-6-2-3-12(8-21)14-19-20-16(24)25-14/h7,9-12H,2-6,8H2,1H3,(H,18,23)(H,20,24)/t10-,12-/m1/s1. The molecule has 2 aromatic rings. The number of carbonyl (C=O) groups is 1. The van der Waals surface area contributed by atoms with Gasteiger partial charge >= 0.3 is 11.8 Å². The molecule has 0 aromatic carbocycles. The van der Waals surface area contributed by atoms with E-state index in [9.17, 15) is 9.59 Å². The number of hydrogen-bond acceptors (Lipinski definition) is 5. The van der Waals surface area contributed by atoms with Crippen LogP contribution in [0.5, 0.6) is 0 Å². The highest BCUT2D eigenvalue weighted by Crippen LogP contribution is 2.39. The third-order valence-corrected chi connectivity index (χ3v) is 5.09. The summed E-state index contributed by atoms with van der Waals surface area (Å²) in [6.07, 6.45) is 7.75. The van der Waals surface area contributed by atoms with Crippen LogP contribution in [0, 0.1) is 5.92 Å². The molecule has 2 N–H and O–H groups in total. The molecule has 134 valence electrons. The Hall–Kier alpha value is -2.58. The van der Waals surface area contributed by atoms with E-state index in [4.69, 9.17) is 4.42 Å². The highest BCUT2D eigenvalue weighted by molar-refractivity contribution is 5.89. The van der Waals surface area contributed by atoms with Gasteiger partial charge in [-0.3, -0.25) is 4.68 Å². The number of nitrogens with one attached hydrogen (secondary N) is 2. The lowest BCUT2D eigenvalue weighted by molar-refractivity contribution is 0.186. The van der Waals surface area contributed by atoms with Gasteiger partial charge in [0.1, 0.15) is 0 Å². The van der Waals surface area contributed by atoms with Crippen molar-refractivity contribution in [2.45, 2.75) is 44.6 Å². The number of anilines is 1. The summed E-state index contributed by atoms with van der Waals surface area (Å²) in [5, 5.41) is 13.4. The Morgan fingerprint density at radius 3 is 3.00 bits per heavy atom. The van der Waals surface area contributed by atoms with Crippen molar-refractivity contribution < 1.29 is 9.21 Å². The maximum atomic E-state index is 12.5. The Labute approximate surface area is 144 Å². The first-order valence-corrected chi connectivity index (χ1v) is 8.75. The molecule has 2 aliphatic rings. The molecular weight excluding hydrogens is 324 g/mol. The smallest absolute Gasteiger partial charge is 0.392 e. The number of hydrogen-bond donors (Lipinski definition) is 2. The van der Waals surface area contributed by atoms with Crippen LogP contribution in [-0.2, 0) is 0 Å². The van der Waals surface area contributed by atoms with Gasteiger partial charge in [0.2, 0.25) is 5.89 Å². The van der Waals surface area contributed by atoms with Crippen LogP contribution in [0.1, 0.15) is 50.5 Å². The molecule has 9 nitrogen and oxygen atoms in total. The zero-order valence-electron chi connectivity index (χ0n) is 14.1. The Bertz CT molecular complexity index is 805. The van der Waals surface area contributed by atoms with Crippen LogP contribution in [-0.4, -0.2) is 44.0 Å². The van der Waals surface area contributed by atoms with E-state index in [1.165, 1.54) is 12.8 Å². The molecule has 0 bridgehead atoms. The van der Waals surface area contributed by atoms with Gasteiger partial charge in [-0.2, -0.15) is 5.10 Å². The molecule has 0 spiro atoms. The largest absolute Gasteiger partial charge is 0.434 e. The molecule has 1 saturated carbocycles. The summed E-state index contributed by atoms with van der Waals surface area (Å²) in [6.45, 7) is 3.30. The molecule has 1 saturated heterocycles. The van der Waals surface area contributed by atoms with Crippen LogP contribution in [0.25, 0.3) is 0 Å². The third kappa shape index (κ3) is 3.45. The van der Waals surface area contributed by atoms with E-state index in [-0.39, 0.29) is 11.9 Å². The van der Waals surface area contributed by atoms with Crippen molar-refractivity contribution in [1.82, 2.24) is 24.9 Å². The van der Waals surface area contributed by atoms with E-state index < -0.39 is 5.76 Å². The Kier molecular flexibility index (Phi) is 4.06. The lowest BCUT2D eigenvalue weighted by Gasteiger charge is -2.30. The first-order chi connectivity index (χ1) is 12.1.